The topological polar surface area (TPSA) is 76.9 Å². The van der Waals surface area contributed by atoms with Crippen molar-refractivity contribution in [1.29, 1.82) is 0 Å². The predicted octanol–water partition coefficient (Wildman–Crippen LogP) is 0.491. The first-order chi connectivity index (χ1) is 10.9. The number of rotatable bonds is 11. The Labute approximate surface area is 138 Å². The second kappa shape index (κ2) is 8.42. The minimum absolute atomic E-state index is 0.0417. The van der Waals surface area contributed by atoms with Gasteiger partial charge in [0, 0.05) is 24.4 Å². The Balaban J connectivity index is 1.29. The summed E-state index contributed by atoms with van der Waals surface area (Å²) >= 11 is 2.99. The molecule has 0 spiro atoms. The molecular formula is C13H21N3O4S2. The summed E-state index contributed by atoms with van der Waals surface area (Å²) in [6, 6.07) is 0.738. The fourth-order valence-corrected chi connectivity index (χ4v) is 4.46. The van der Waals surface area contributed by atoms with Crippen LogP contribution >= 0.6 is 23.5 Å². The van der Waals surface area contributed by atoms with Crippen molar-refractivity contribution < 1.29 is 19.3 Å². The number of aliphatic hydroxyl groups excluding tert-OH is 1. The molecule has 0 aromatic carbocycles. The van der Waals surface area contributed by atoms with Gasteiger partial charge in [-0.05, 0) is 6.42 Å². The van der Waals surface area contributed by atoms with E-state index < -0.39 is 0 Å². The summed E-state index contributed by atoms with van der Waals surface area (Å²) in [6.07, 6.45) is 1.30. The van der Waals surface area contributed by atoms with Gasteiger partial charge < -0.3 is 19.3 Å². The first-order valence-electron chi connectivity index (χ1n) is 7.51. The lowest BCUT2D eigenvalue weighted by Gasteiger charge is -2.55. The zero-order chi connectivity index (χ0) is 15.2. The van der Waals surface area contributed by atoms with Crippen molar-refractivity contribution in [2.45, 2.75) is 22.7 Å². The molecule has 124 valence electrons. The van der Waals surface area contributed by atoms with Crippen LogP contribution in [-0.4, -0.2) is 82.8 Å². The smallest absolute Gasteiger partial charge is 0.260 e. The van der Waals surface area contributed by atoms with Crippen molar-refractivity contribution in [3.63, 3.8) is 0 Å². The predicted molar refractivity (Wildman–Crippen MR) is 83.8 cm³/mol. The van der Waals surface area contributed by atoms with Crippen molar-refractivity contribution in [3.8, 4) is 5.88 Å². The summed E-state index contributed by atoms with van der Waals surface area (Å²) in [5, 5.41) is 10.1. The van der Waals surface area contributed by atoms with Gasteiger partial charge in [-0.3, -0.25) is 4.90 Å². The van der Waals surface area contributed by atoms with Crippen LogP contribution in [0.15, 0.2) is 5.03 Å². The average Bonchev–Trinajstić information content (AvgIpc) is 2.94. The van der Waals surface area contributed by atoms with E-state index in [1.807, 2.05) is 0 Å². The molecule has 0 amide bonds. The molecule has 0 bridgehead atoms. The van der Waals surface area contributed by atoms with Crippen LogP contribution in [0.5, 0.6) is 5.88 Å². The normalized spacial score (nSPS) is 23.7. The Morgan fingerprint density at radius 2 is 2.00 bits per heavy atom. The summed E-state index contributed by atoms with van der Waals surface area (Å²) in [5.74, 6) is 0.632. The molecule has 2 aliphatic heterocycles. The van der Waals surface area contributed by atoms with Gasteiger partial charge >= 0.3 is 0 Å². The molecule has 1 N–H and O–H groups in total. The van der Waals surface area contributed by atoms with Crippen LogP contribution in [0, 0.1) is 0 Å². The third-order valence-electron chi connectivity index (χ3n) is 3.79. The van der Waals surface area contributed by atoms with Gasteiger partial charge in [-0.2, -0.15) is 4.37 Å². The fraction of sp³-hybridized carbons (Fsp3) is 0.846. The van der Waals surface area contributed by atoms with E-state index in [9.17, 15) is 0 Å². The molecule has 22 heavy (non-hydrogen) atoms. The Morgan fingerprint density at radius 3 is 2.68 bits per heavy atom. The van der Waals surface area contributed by atoms with E-state index in [4.69, 9.17) is 19.3 Å². The lowest BCUT2D eigenvalue weighted by molar-refractivity contribution is 0.00610. The van der Waals surface area contributed by atoms with E-state index in [0.29, 0.717) is 44.2 Å². The van der Waals surface area contributed by atoms with Crippen LogP contribution in [-0.2, 0) is 9.47 Å². The van der Waals surface area contributed by atoms with Gasteiger partial charge in [-0.15, -0.1) is 4.37 Å². The van der Waals surface area contributed by atoms with E-state index in [0.717, 1.165) is 17.6 Å². The second-order valence-electron chi connectivity index (χ2n) is 5.18. The minimum atomic E-state index is 0.0417. The van der Waals surface area contributed by atoms with E-state index in [1.54, 1.807) is 11.8 Å². The highest BCUT2D eigenvalue weighted by molar-refractivity contribution is 8.00. The lowest BCUT2D eigenvalue weighted by atomic mass is 9.90. The molecule has 1 aromatic heterocycles. The number of piperidine rings is 1. The quantitative estimate of drug-likeness (QED) is 0.580. The maximum atomic E-state index is 8.56. The van der Waals surface area contributed by atoms with Gasteiger partial charge in [0.15, 0.2) is 5.03 Å². The van der Waals surface area contributed by atoms with Crippen LogP contribution in [0.1, 0.15) is 6.42 Å². The minimum Gasteiger partial charge on any atom is -0.473 e. The molecule has 2 unspecified atom stereocenters. The van der Waals surface area contributed by atoms with E-state index in [2.05, 4.69) is 13.6 Å². The van der Waals surface area contributed by atoms with Crippen LogP contribution in [0.25, 0.3) is 0 Å². The van der Waals surface area contributed by atoms with Crippen molar-refractivity contribution in [1.82, 2.24) is 13.6 Å². The molecule has 0 aliphatic carbocycles. The largest absolute Gasteiger partial charge is 0.473 e. The first kappa shape index (κ1) is 16.4. The molecule has 2 aliphatic rings. The number of hydrogen-bond acceptors (Lipinski definition) is 9. The van der Waals surface area contributed by atoms with E-state index in [-0.39, 0.29) is 6.61 Å². The number of thioether (sulfide) groups is 1. The third kappa shape index (κ3) is 4.09. The van der Waals surface area contributed by atoms with E-state index >= 15 is 0 Å². The SMILES string of the molecule is OCCOCCOCCOc1nsnc1SC1CN2CCC12. The molecule has 9 heteroatoms. The summed E-state index contributed by atoms with van der Waals surface area (Å²) in [4.78, 5) is 2.49. The zero-order valence-electron chi connectivity index (χ0n) is 12.3. The Kier molecular flexibility index (Phi) is 6.28. The van der Waals surface area contributed by atoms with Crippen molar-refractivity contribution in [3.05, 3.63) is 0 Å². The Morgan fingerprint density at radius 1 is 1.18 bits per heavy atom. The van der Waals surface area contributed by atoms with Crippen molar-refractivity contribution in [2.75, 3.05) is 52.7 Å². The Bertz CT molecular complexity index is 462. The highest BCUT2D eigenvalue weighted by atomic mass is 32.2. The van der Waals surface area contributed by atoms with Gasteiger partial charge in [0.2, 0.25) is 0 Å². The van der Waals surface area contributed by atoms with Crippen molar-refractivity contribution >= 4 is 23.5 Å². The zero-order valence-corrected chi connectivity index (χ0v) is 14.0. The first-order valence-corrected chi connectivity index (χ1v) is 9.12. The van der Waals surface area contributed by atoms with Gasteiger partial charge in [0.1, 0.15) is 6.61 Å². The monoisotopic (exact) mass is 347 g/mol. The van der Waals surface area contributed by atoms with Crippen LogP contribution in [0.2, 0.25) is 0 Å². The molecule has 0 radical (unpaired) electrons. The molecule has 2 atom stereocenters. The number of aromatic nitrogens is 2. The molecule has 2 fully saturated rings. The highest BCUT2D eigenvalue weighted by Gasteiger charge is 2.46. The summed E-state index contributed by atoms with van der Waals surface area (Å²) < 4.78 is 24.7. The van der Waals surface area contributed by atoms with Gasteiger partial charge in [0.25, 0.3) is 5.88 Å². The Hall–Kier alpha value is -0.450. The average molecular weight is 347 g/mol. The summed E-state index contributed by atoms with van der Waals surface area (Å²) in [6.45, 7) is 4.73. The van der Waals surface area contributed by atoms with Gasteiger partial charge in [0.05, 0.1) is 44.8 Å². The maximum absolute atomic E-state index is 8.56. The number of nitrogens with zero attached hydrogens (tertiary/aromatic N) is 3. The lowest BCUT2D eigenvalue weighted by Crippen LogP contribution is -2.66. The number of hydrogen-bond donors (Lipinski definition) is 1. The number of fused-ring (bicyclic) bond motifs is 1. The molecule has 7 nitrogen and oxygen atoms in total. The molecular weight excluding hydrogens is 326 g/mol. The molecule has 0 saturated carbocycles. The second-order valence-corrected chi connectivity index (χ2v) is 6.93. The number of aliphatic hydroxyl groups is 1. The van der Waals surface area contributed by atoms with Crippen LogP contribution in [0.4, 0.5) is 0 Å². The summed E-state index contributed by atoms with van der Waals surface area (Å²) in [7, 11) is 0. The molecule has 3 heterocycles. The van der Waals surface area contributed by atoms with Crippen molar-refractivity contribution in [2.24, 2.45) is 0 Å². The van der Waals surface area contributed by atoms with Gasteiger partial charge in [-0.25, -0.2) is 0 Å². The third-order valence-corrected chi connectivity index (χ3v) is 5.67. The van der Waals surface area contributed by atoms with Crippen LogP contribution in [0.3, 0.4) is 0 Å². The van der Waals surface area contributed by atoms with Crippen LogP contribution < -0.4 is 4.74 Å². The highest BCUT2D eigenvalue weighted by Crippen LogP contribution is 2.42. The van der Waals surface area contributed by atoms with E-state index in [1.165, 1.54) is 24.7 Å². The van der Waals surface area contributed by atoms with Gasteiger partial charge in [-0.1, -0.05) is 11.8 Å². The number of ether oxygens (including phenoxy) is 3. The molecule has 3 rings (SSSR count). The standard InChI is InChI=1S/C13H21N3O4S2/c17-3-4-18-5-6-19-7-8-20-12-13(15-22-14-12)21-11-9-16-2-1-10(11)16/h10-11,17H,1-9H2. The molecule has 1 aromatic rings. The summed E-state index contributed by atoms with van der Waals surface area (Å²) in [5.41, 5.74) is 0. The molecule has 2 saturated heterocycles. The fourth-order valence-electron chi connectivity index (χ4n) is 2.50. The maximum Gasteiger partial charge on any atom is 0.260 e.